The fourth-order valence-electron chi connectivity index (χ4n) is 4.20. The fraction of sp³-hybridized carbons (Fsp3) is 0.630. The van der Waals surface area contributed by atoms with Crippen LogP contribution in [0, 0.1) is 11.3 Å². The highest BCUT2D eigenvalue weighted by atomic mass is 32.2. The molecule has 0 aromatic rings. The first kappa shape index (κ1) is 29.4. The first-order valence-corrected chi connectivity index (χ1v) is 13.0. The first-order chi connectivity index (χ1) is 15.7. The standard InChI is InChI=1S/C23H35N3O2S.C4H10/c1-5-12-23(22(27)28)13-9-14-26(17-23)16-18(2)29-21(25-4)20-11-8-6-7-10-19(20)15-24-3;1-4(2)3/h6-7,10-11,24H,2,5,8-9,12-17H2,1,3-4H3,(H,27,28);4H,1-3H3/t23-;/m1./s1. The van der Waals surface area contributed by atoms with Gasteiger partial charge in [-0.15, -0.1) is 0 Å². The van der Waals surface area contributed by atoms with Crippen molar-refractivity contribution in [2.24, 2.45) is 16.3 Å². The number of carboxylic acids is 1. The SMILES string of the molecule is C=C(CN1CCC[C@@](CCC)(C(=O)O)C1)SC(=NC)C1=CCC=CC=C1CNC.CC(C)C. The van der Waals surface area contributed by atoms with Crippen LogP contribution in [-0.2, 0) is 4.79 Å². The van der Waals surface area contributed by atoms with Gasteiger partial charge in [0, 0.05) is 32.3 Å². The highest BCUT2D eigenvalue weighted by Crippen LogP contribution is 2.36. The van der Waals surface area contributed by atoms with Gasteiger partial charge >= 0.3 is 5.97 Å². The van der Waals surface area contributed by atoms with Crippen molar-refractivity contribution in [1.29, 1.82) is 0 Å². The molecule has 1 aliphatic carbocycles. The number of aliphatic carboxylic acids is 1. The average Bonchev–Trinajstić information content (AvgIpc) is 2.98. The zero-order valence-corrected chi connectivity index (χ0v) is 22.4. The van der Waals surface area contributed by atoms with E-state index >= 15 is 0 Å². The second-order valence-corrected chi connectivity index (χ2v) is 10.7. The van der Waals surface area contributed by atoms with Crippen LogP contribution >= 0.6 is 11.8 Å². The molecule has 1 heterocycles. The number of thioether (sulfide) groups is 1. The lowest BCUT2D eigenvalue weighted by Gasteiger charge is -2.40. The van der Waals surface area contributed by atoms with Crippen LogP contribution in [0.15, 0.2) is 51.9 Å². The zero-order valence-electron chi connectivity index (χ0n) is 21.6. The molecule has 0 spiro atoms. The van der Waals surface area contributed by atoms with Gasteiger partial charge in [-0.1, -0.05) is 76.8 Å². The van der Waals surface area contributed by atoms with Crippen LogP contribution in [0.2, 0.25) is 0 Å². The number of piperidine rings is 1. The number of carbonyl (C=O) groups is 1. The minimum Gasteiger partial charge on any atom is -0.481 e. The van der Waals surface area contributed by atoms with E-state index in [1.165, 1.54) is 5.57 Å². The Kier molecular flexibility index (Phi) is 13.6. The molecule has 1 aliphatic heterocycles. The van der Waals surface area contributed by atoms with Crippen LogP contribution in [0.4, 0.5) is 0 Å². The van der Waals surface area contributed by atoms with Gasteiger partial charge in [-0.25, -0.2) is 0 Å². The number of aliphatic imine (C=N–C) groups is 1. The van der Waals surface area contributed by atoms with Crippen molar-refractivity contribution in [3.05, 3.63) is 46.9 Å². The number of nitrogens with one attached hydrogen (secondary N) is 1. The van der Waals surface area contributed by atoms with Crippen LogP contribution in [-0.4, -0.2) is 61.3 Å². The molecule has 1 saturated heterocycles. The van der Waals surface area contributed by atoms with Crippen molar-refractivity contribution in [3.63, 3.8) is 0 Å². The molecule has 2 N–H and O–H groups in total. The number of hydrogen-bond donors (Lipinski definition) is 2. The molecule has 2 aliphatic rings. The molecule has 186 valence electrons. The van der Waals surface area contributed by atoms with E-state index in [2.05, 4.69) is 73.8 Å². The van der Waals surface area contributed by atoms with E-state index in [1.54, 1.807) is 11.8 Å². The Bertz CT molecular complexity index is 761. The van der Waals surface area contributed by atoms with Crippen LogP contribution in [0.1, 0.15) is 59.8 Å². The average molecular weight is 476 g/mol. The smallest absolute Gasteiger partial charge is 0.310 e. The summed E-state index contributed by atoms with van der Waals surface area (Å²) in [6.45, 7) is 15.8. The normalized spacial score (nSPS) is 21.6. The minimum absolute atomic E-state index is 0.603. The predicted molar refractivity (Wildman–Crippen MR) is 145 cm³/mol. The topological polar surface area (TPSA) is 64.9 Å². The summed E-state index contributed by atoms with van der Waals surface area (Å²) in [5, 5.41) is 14.0. The van der Waals surface area contributed by atoms with E-state index in [-0.39, 0.29) is 0 Å². The van der Waals surface area contributed by atoms with Crippen molar-refractivity contribution >= 4 is 22.8 Å². The number of likely N-dealkylation sites (tertiary alicyclic amines) is 1. The summed E-state index contributed by atoms with van der Waals surface area (Å²) < 4.78 is 0. The summed E-state index contributed by atoms with van der Waals surface area (Å²) in [5.74, 6) is 0.177. The molecule has 0 aromatic heterocycles. The summed E-state index contributed by atoms with van der Waals surface area (Å²) in [4.78, 5) is 19.8. The lowest BCUT2D eigenvalue weighted by atomic mass is 9.76. The molecule has 33 heavy (non-hydrogen) atoms. The molecule has 0 aromatic carbocycles. The number of likely N-dealkylation sites (N-methyl/N-ethyl adjacent to an activating group) is 1. The molecule has 0 radical (unpaired) electrons. The van der Waals surface area contributed by atoms with Crippen molar-refractivity contribution in [1.82, 2.24) is 10.2 Å². The second-order valence-electron chi connectivity index (χ2n) is 9.56. The lowest BCUT2D eigenvalue weighted by Crippen LogP contribution is -2.48. The summed E-state index contributed by atoms with van der Waals surface area (Å²) >= 11 is 1.61. The second kappa shape index (κ2) is 15.3. The van der Waals surface area contributed by atoms with Gasteiger partial charge in [-0.2, -0.15) is 0 Å². The monoisotopic (exact) mass is 475 g/mol. The highest BCUT2D eigenvalue weighted by molar-refractivity contribution is 8.17. The summed E-state index contributed by atoms with van der Waals surface area (Å²) in [6, 6.07) is 0. The van der Waals surface area contributed by atoms with E-state index in [0.29, 0.717) is 13.1 Å². The van der Waals surface area contributed by atoms with Gasteiger partial charge in [0.2, 0.25) is 0 Å². The molecule has 0 amide bonds. The van der Waals surface area contributed by atoms with E-state index in [4.69, 9.17) is 0 Å². The number of rotatable bonds is 9. The van der Waals surface area contributed by atoms with Gasteiger partial charge in [0.15, 0.2) is 0 Å². The third-order valence-electron chi connectivity index (χ3n) is 5.52. The molecule has 5 nitrogen and oxygen atoms in total. The van der Waals surface area contributed by atoms with E-state index in [1.807, 2.05) is 14.1 Å². The molecular formula is C27H45N3O2S. The maximum Gasteiger partial charge on any atom is 0.310 e. The Morgan fingerprint density at radius 1 is 1.39 bits per heavy atom. The summed E-state index contributed by atoms with van der Waals surface area (Å²) in [6.07, 6.45) is 12.8. The Morgan fingerprint density at radius 2 is 2.09 bits per heavy atom. The zero-order chi connectivity index (χ0) is 24.9. The Labute approximate surface area is 206 Å². The number of hydrogen-bond acceptors (Lipinski definition) is 5. The van der Waals surface area contributed by atoms with Crippen LogP contribution in [0.3, 0.4) is 0 Å². The van der Waals surface area contributed by atoms with Crippen LogP contribution in [0.5, 0.6) is 0 Å². The third kappa shape index (κ3) is 10.0. The van der Waals surface area contributed by atoms with Crippen molar-refractivity contribution < 1.29 is 9.90 Å². The third-order valence-corrected chi connectivity index (χ3v) is 6.53. The lowest BCUT2D eigenvalue weighted by molar-refractivity contribution is -0.153. The van der Waals surface area contributed by atoms with Crippen LogP contribution in [0.25, 0.3) is 0 Å². The maximum atomic E-state index is 12.0. The van der Waals surface area contributed by atoms with Gasteiger partial charge < -0.3 is 10.4 Å². The van der Waals surface area contributed by atoms with Crippen molar-refractivity contribution in [2.45, 2.75) is 59.8 Å². The molecule has 2 rings (SSSR count). The highest BCUT2D eigenvalue weighted by Gasteiger charge is 2.41. The van der Waals surface area contributed by atoms with E-state index in [9.17, 15) is 9.90 Å². The van der Waals surface area contributed by atoms with Gasteiger partial charge in [-0.3, -0.25) is 14.7 Å². The van der Waals surface area contributed by atoms with Gasteiger partial charge in [0.1, 0.15) is 5.04 Å². The first-order valence-electron chi connectivity index (χ1n) is 12.2. The predicted octanol–water partition coefficient (Wildman–Crippen LogP) is 5.92. The molecular weight excluding hydrogens is 430 g/mol. The molecule has 1 fully saturated rings. The van der Waals surface area contributed by atoms with Crippen molar-refractivity contribution in [2.75, 3.05) is 40.3 Å². The molecule has 0 unspecified atom stereocenters. The van der Waals surface area contributed by atoms with Gasteiger partial charge in [0.25, 0.3) is 0 Å². The Hall–Kier alpha value is -1.63. The maximum absolute atomic E-state index is 12.0. The number of carboxylic acid groups (broad SMARTS) is 1. The molecule has 6 heteroatoms. The largest absolute Gasteiger partial charge is 0.481 e. The fourth-order valence-corrected chi connectivity index (χ4v) is 5.14. The summed E-state index contributed by atoms with van der Waals surface area (Å²) in [5.41, 5.74) is 1.76. The Morgan fingerprint density at radius 3 is 2.67 bits per heavy atom. The van der Waals surface area contributed by atoms with Gasteiger partial charge in [-0.05, 0) is 55.7 Å². The quantitative estimate of drug-likeness (QED) is 0.320. The van der Waals surface area contributed by atoms with E-state index < -0.39 is 11.4 Å². The number of allylic oxidation sites excluding steroid dienone is 4. The Balaban J connectivity index is 0.00000125. The van der Waals surface area contributed by atoms with Crippen LogP contribution < -0.4 is 5.32 Å². The van der Waals surface area contributed by atoms with Gasteiger partial charge in [0.05, 0.1) is 5.41 Å². The molecule has 0 saturated carbocycles. The molecule has 1 atom stereocenters. The van der Waals surface area contributed by atoms with E-state index in [0.717, 1.165) is 66.6 Å². The van der Waals surface area contributed by atoms with Crippen molar-refractivity contribution in [3.8, 4) is 0 Å². The minimum atomic E-state index is -0.656. The summed E-state index contributed by atoms with van der Waals surface area (Å²) in [7, 11) is 3.77. The number of nitrogens with zero attached hydrogens (tertiary/aromatic N) is 2. The molecule has 0 bridgehead atoms.